The van der Waals surface area contributed by atoms with Crippen molar-refractivity contribution in [1.82, 2.24) is 4.98 Å². The summed E-state index contributed by atoms with van der Waals surface area (Å²) >= 11 is 1.64. The molecule has 0 atom stereocenters. The van der Waals surface area contributed by atoms with Crippen molar-refractivity contribution in [1.29, 1.82) is 0 Å². The number of ether oxygens (including phenoxy) is 1. The first-order chi connectivity index (χ1) is 13.6. The molecule has 2 N–H and O–H groups in total. The van der Waals surface area contributed by atoms with Gasteiger partial charge in [-0.15, -0.1) is 0 Å². The number of rotatable bonds is 3. The van der Waals surface area contributed by atoms with E-state index in [1.54, 1.807) is 11.9 Å². The fourth-order valence-corrected chi connectivity index (χ4v) is 4.50. The summed E-state index contributed by atoms with van der Waals surface area (Å²) in [5.41, 5.74) is 12.9. The number of nitrogens with zero attached hydrogens (tertiary/aromatic N) is 2. The molecule has 1 fully saturated rings. The molecule has 3 aromatic rings. The zero-order valence-electron chi connectivity index (χ0n) is 15.9. The number of hydrogen-bond acceptors (Lipinski definition) is 5. The molecule has 5 rings (SSSR count). The van der Waals surface area contributed by atoms with Crippen LogP contribution in [0.15, 0.2) is 60.7 Å². The zero-order valence-corrected chi connectivity index (χ0v) is 16.7. The highest BCUT2D eigenvalue weighted by molar-refractivity contribution is 8.00. The summed E-state index contributed by atoms with van der Waals surface area (Å²) in [6.07, 6.45) is 3.35. The van der Waals surface area contributed by atoms with Gasteiger partial charge in [0.1, 0.15) is 5.69 Å². The Labute approximate surface area is 169 Å². The summed E-state index contributed by atoms with van der Waals surface area (Å²) in [5, 5.41) is 0. The van der Waals surface area contributed by atoms with Crippen molar-refractivity contribution in [3.63, 3.8) is 0 Å². The number of anilines is 1. The van der Waals surface area contributed by atoms with Gasteiger partial charge in [0.05, 0.1) is 5.69 Å². The Morgan fingerprint density at radius 1 is 1.04 bits per heavy atom. The van der Waals surface area contributed by atoms with Crippen molar-refractivity contribution in [2.75, 3.05) is 17.3 Å². The first-order valence-electron chi connectivity index (χ1n) is 9.64. The first-order valence-corrected chi connectivity index (χ1v) is 10.6. The van der Waals surface area contributed by atoms with E-state index in [0.717, 1.165) is 40.9 Å². The number of hydrogen-bond donors (Lipinski definition) is 1. The van der Waals surface area contributed by atoms with Gasteiger partial charge in [-0.05, 0) is 48.4 Å². The first kappa shape index (κ1) is 17.6. The highest BCUT2D eigenvalue weighted by Crippen LogP contribution is 2.43. The fraction of sp³-hybridized carbons (Fsp3) is 0.261. The van der Waals surface area contributed by atoms with Crippen molar-refractivity contribution < 1.29 is 4.74 Å². The lowest BCUT2D eigenvalue weighted by atomic mass is 9.72. The van der Waals surface area contributed by atoms with Crippen LogP contribution in [-0.4, -0.2) is 18.0 Å². The summed E-state index contributed by atoms with van der Waals surface area (Å²) in [5.74, 6) is 1.27. The van der Waals surface area contributed by atoms with Crippen LogP contribution < -0.4 is 14.8 Å². The van der Waals surface area contributed by atoms with Crippen LogP contribution in [-0.2, 0) is 5.54 Å². The zero-order chi connectivity index (χ0) is 19.1. The molecule has 1 aliphatic carbocycles. The van der Waals surface area contributed by atoms with E-state index in [-0.39, 0.29) is 5.54 Å². The molecule has 1 saturated carbocycles. The van der Waals surface area contributed by atoms with E-state index in [1.165, 1.54) is 12.0 Å². The van der Waals surface area contributed by atoms with Crippen LogP contribution >= 0.6 is 11.9 Å². The van der Waals surface area contributed by atoms with Crippen LogP contribution in [0.3, 0.4) is 0 Å². The van der Waals surface area contributed by atoms with Gasteiger partial charge in [-0.1, -0.05) is 54.6 Å². The Bertz CT molecular complexity index is 1000. The molecule has 5 heteroatoms. The quantitative estimate of drug-likeness (QED) is 0.625. The van der Waals surface area contributed by atoms with E-state index in [9.17, 15) is 0 Å². The molecule has 2 aliphatic rings. The molecular formula is C23H23N3OS. The molecule has 0 amide bonds. The van der Waals surface area contributed by atoms with Crippen molar-refractivity contribution in [3.05, 3.63) is 66.2 Å². The largest absolute Gasteiger partial charge is 0.463 e. The minimum Gasteiger partial charge on any atom is -0.463 e. The van der Waals surface area contributed by atoms with Gasteiger partial charge in [0.25, 0.3) is 0 Å². The van der Waals surface area contributed by atoms with E-state index in [1.807, 2.05) is 6.07 Å². The molecule has 0 unspecified atom stereocenters. The highest BCUT2D eigenvalue weighted by atomic mass is 32.2. The third-order valence-corrected chi connectivity index (χ3v) is 6.62. The molecule has 142 valence electrons. The SMILES string of the molecule is CN1SCOc2nc(-c3ccc(C4(N)CCC4)cc3)c(-c3ccccc3)cc21. The van der Waals surface area contributed by atoms with E-state index in [4.69, 9.17) is 15.5 Å². The molecule has 1 aliphatic heterocycles. The molecule has 1 aromatic heterocycles. The predicted octanol–water partition coefficient (Wildman–Crippen LogP) is 5.19. The number of nitrogens with two attached hydrogens (primary N) is 1. The van der Waals surface area contributed by atoms with E-state index >= 15 is 0 Å². The van der Waals surface area contributed by atoms with Gasteiger partial charge in [0, 0.05) is 23.7 Å². The molecule has 2 heterocycles. The Balaban J connectivity index is 1.63. The van der Waals surface area contributed by atoms with Crippen molar-refractivity contribution in [2.24, 2.45) is 5.73 Å². The molecular weight excluding hydrogens is 366 g/mol. The predicted molar refractivity (Wildman–Crippen MR) is 116 cm³/mol. The molecule has 4 nitrogen and oxygen atoms in total. The van der Waals surface area contributed by atoms with Crippen molar-refractivity contribution in [3.8, 4) is 28.3 Å². The van der Waals surface area contributed by atoms with Crippen LogP contribution in [0.2, 0.25) is 0 Å². The summed E-state index contributed by atoms with van der Waals surface area (Å²) in [4.78, 5) is 4.93. The normalized spacial score (nSPS) is 17.4. The van der Waals surface area contributed by atoms with Gasteiger partial charge in [0.2, 0.25) is 5.88 Å². The second-order valence-electron chi connectivity index (χ2n) is 7.55. The van der Waals surface area contributed by atoms with Crippen LogP contribution in [0.4, 0.5) is 5.69 Å². The molecule has 28 heavy (non-hydrogen) atoms. The van der Waals surface area contributed by atoms with Crippen molar-refractivity contribution >= 4 is 17.6 Å². The van der Waals surface area contributed by atoms with Gasteiger partial charge in [-0.25, -0.2) is 4.98 Å². The van der Waals surface area contributed by atoms with E-state index in [0.29, 0.717) is 11.8 Å². The average Bonchev–Trinajstić information content (AvgIpc) is 2.72. The second-order valence-corrected chi connectivity index (χ2v) is 8.59. The summed E-state index contributed by atoms with van der Waals surface area (Å²) in [7, 11) is 2.05. The van der Waals surface area contributed by atoms with Crippen LogP contribution in [0.25, 0.3) is 22.4 Å². The Hall–Kier alpha value is -2.50. The summed E-state index contributed by atoms with van der Waals surface area (Å²) in [6, 6.07) is 21.2. The monoisotopic (exact) mass is 389 g/mol. The average molecular weight is 390 g/mol. The molecule has 0 radical (unpaired) electrons. The lowest BCUT2D eigenvalue weighted by molar-refractivity contribution is 0.253. The number of fused-ring (bicyclic) bond motifs is 1. The maximum atomic E-state index is 6.50. The second kappa shape index (κ2) is 6.83. The maximum absolute atomic E-state index is 6.50. The van der Waals surface area contributed by atoms with Crippen molar-refractivity contribution in [2.45, 2.75) is 24.8 Å². The van der Waals surface area contributed by atoms with Crippen LogP contribution in [0.1, 0.15) is 24.8 Å². The Kier molecular flexibility index (Phi) is 4.29. The van der Waals surface area contributed by atoms with Gasteiger partial charge in [-0.2, -0.15) is 0 Å². The Morgan fingerprint density at radius 3 is 2.46 bits per heavy atom. The molecule has 0 spiro atoms. The lowest BCUT2D eigenvalue weighted by Crippen LogP contribution is -2.43. The molecule has 0 bridgehead atoms. The highest BCUT2D eigenvalue weighted by Gasteiger charge is 2.34. The van der Waals surface area contributed by atoms with Gasteiger partial charge in [0.15, 0.2) is 5.94 Å². The van der Waals surface area contributed by atoms with E-state index < -0.39 is 0 Å². The minimum atomic E-state index is -0.146. The fourth-order valence-electron chi connectivity index (χ4n) is 3.91. The lowest BCUT2D eigenvalue weighted by Gasteiger charge is -2.38. The van der Waals surface area contributed by atoms with Crippen LogP contribution in [0, 0.1) is 0 Å². The van der Waals surface area contributed by atoms with Gasteiger partial charge < -0.3 is 14.8 Å². The standard InChI is InChI=1S/C23H23N3OS/c1-26-20-14-19(16-6-3-2-4-7-16)21(25-22(20)27-15-28-26)17-8-10-18(11-9-17)23(24)12-5-13-23/h2-4,6-11,14H,5,12-13,15,24H2,1H3. The Morgan fingerprint density at radius 2 is 1.79 bits per heavy atom. The minimum absolute atomic E-state index is 0.146. The number of pyridine rings is 1. The smallest absolute Gasteiger partial charge is 0.239 e. The molecule has 2 aromatic carbocycles. The van der Waals surface area contributed by atoms with Gasteiger partial charge >= 0.3 is 0 Å². The molecule has 0 saturated heterocycles. The summed E-state index contributed by atoms with van der Waals surface area (Å²) < 4.78 is 7.97. The van der Waals surface area contributed by atoms with Crippen LogP contribution in [0.5, 0.6) is 5.88 Å². The topological polar surface area (TPSA) is 51.4 Å². The third kappa shape index (κ3) is 2.95. The summed E-state index contributed by atoms with van der Waals surface area (Å²) in [6.45, 7) is 0. The number of aromatic nitrogens is 1. The maximum Gasteiger partial charge on any atom is 0.239 e. The third-order valence-electron chi connectivity index (χ3n) is 5.81. The van der Waals surface area contributed by atoms with E-state index in [2.05, 4.69) is 66.0 Å². The van der Waals surface area contributed by atoms with Gasteiger partial charge in [-0.3, -0.25) is 0 Å². The number of benzene rings is 2.